The maximum atomic E-state index is 10.7. The minimum atomic E-state index is -1.09. The fourth-order valence-corrected chi connectivity index (χ4v) is 1.33. The van der Waals surface area contributed by atoms with Crippen LogP contribution in [-0.2, 0) is 0 Å². The molecule has 0 aromatic carbocycles. The van der Waals surface area contributed by atoms with Crippen LogP contribution in [0.5, 0.6) is 0 Å². The molecule has 17 heavy (non-hydrogen) atoms. The lowest BCUT2D eigenvalue weighted by Crippen LogP contribution is -2.05. The monoisotopic (exact) mass is 231 g/mol. The van der Waals surface area contributed by atoms with Crippen molar-refractivity contribution in [1.29, 1.82) is 0 Å². The highest BCUT2D eigenvalue weighted by molar-refractivity contribution is 5.85. The van der Waals surface area contributed by atoms with E-state index in [1.165, 1.54) is 21.6 Å². The van der Waals surface area contributed by atoms with Crippen LogP contribution in [0.2, 0.25) is 0 Å². The minimum absolute atomic E-state index is 0.0522. The summed E-state index contributed by atoms with van der Waals surface area (Å²) < 4.78 is 2.57. The molecule has 1 N–H and O–H groups in total. The van der Waals surface area contributed by atoms with E-state index in [1.54, 1.807) is 12.1 Å². The third-order valence-corrected chi connectivity index (χ3v) is 2.10. The van der Waals surface area contributed by atoms with Crippen LogP contribution in [0, 0.1) is 0 Å². The second-order valence-electron chi connectivity index (χ2n) is 3.17. The molecule has 3 aromatic heterocycles. The lowest BCUT2D eigenvalue weighted by Gasteiger charge is -1.98. The summed E-state index contributed by atoms with van der Waals surface area (Å²) in [5.41, 5.74) is 0.447. The summed E-state index contributed by atoms with van der Waals surface area (Å²) in [5, 5.41) is 27.4. The SMILES string of the molecule is O=C(O)c1ccn(-c2ccc3nnnn3n2)n1. The molecule has 0 amide bonds. The number of nitrogens with zero attached hydrogens (tertiary/aromatic N) is 7. The van der Waals surface area contributed by atoms with Crippen LogP contribution in [0.1, 0.15) is 10.5 Å². The molecule has 3 aromatic rings. The average Bonchev–Trinajstić information content (AvgIpc) is 2.97. The Morgan fingerprint density at radius 1 is 1.24 bits per heavy atom. The Balaban J connectivity index is 2.09. The molecule has 0 spiro atoms. The van der Waals surface area contributed by atoms with Gasteiger partial charge in [0.2, 0.25) is 0 Å². The summed E-state index contributed by atoms with van der Waals surface area (Å²) in [7, 11) is 0. The number of aromatic carboxylic acids is 1. The standard InChI is InChI=1S/C8H5N7O2/c16-8(17)5-3-4-14(10-5)7-2-1-6-9-12-13-15(6)11-7/h1-4H,(H,16,17). The lowest BCUT2D eigenvalue weighted by molar-refractivity contribution is 0.0690. The highest BCUT2D eigenvalue weighted by Crippen LogP contribution is 2.05. The average molecular weight is 231 g/mol. The van der Waals surface area contributed by atoms with Crippen LogP contribution in [0.4, 0.5) is 0 Å². The fraction of sp³-hybridized carbons (Fsp3) is 0. The number of aromatic nitrogens is 7. The molecule has 3 rings (SSSR count). The van der Waals surface area contributed by atoms with E-state index < -0.39 is 5.97 Å². The first kappa shape index (κ1) is 9.39. The first-order valence-corrected chi connectivity index (χ1v) is 4.59. The third-order valence-electron chi connectivity index (χ3n) is 2.10. The number of rotatable bonds is 2. The molecule has 0 unspecified atom stereocenters. The van der Waals surface area contributed by atoms with Gasteiger partial charge in [0.1, 0.15) is 0 Å². The Morgan fingerprint density at radius 3 is 2.88 bits per heavy atom. The molecule has 0 saturated heterocycles. The zero-order valence-electron chi connectivity index (χ0n) is 8.30. The molecular formula is C8H5N7O2. The van der Waals surface area contributed by atoms with Gasteiger partial charge in [0, 0.05) is 6.20 Å². The molecule has 9 nitrogen and oxygen atoms in total. The maximum Gasteiger partial charge on any atom is 0.356 e. The van der Waals surface area contributed by atoms with E-state index in [-0.39, 0.29) is 5.69 Å². The smallest absolute Gasteiger partial charge is 0.356 e. The highest BCUT2D eigenvalue weighted by atomic mass is 16.4. The summed E-state index contributed by atoms with van der Waals surface area (Å²) >= 11 is 0. The van der Waals surface area contributed by atoms with Crippen LogP contribution in [-0.4, -0.2) is 46.1 Å². The quantitative estimate of drug-likeness (QED) is 0.626. The van der Waals surface area contributed by atoms with E-state index in [4.69, 9.17) is 5.11 Å². The Labute approximate surface area is 93.3 Å². The molecule has 0 saturated carbocycles. The molecule has 0 atom stereocenters. The van der Waals surface area contributed by atoms with Gasteiger partial charge >= 0.3 is 5.97 Å². The zero-order chi connectivity index (χ0) is 11.8. The minimum Gasteiger partial charge on any atom is -0.476 e. The second-order valence-corrected chi connectivity index (χ2v) is 3.17. The van der Waals surface area contributed by atoms with Gasteiger partial charge in [-0.15, -0.1) is 14.8 Å². The van der Waals surface area contributed by atoms with Crippen LogP contribution in [0.25, 0.3) is 11.5 Å². The molecule has 9 heteroatoms. The van der Waals surface area contributed by atoms with Crippen LogP contribution < -0.4 is 0 Å². The predicted molar refractivity (Wildman–Crippen MR) is 52.7 cm³/mol. The van der Waals surface area contributed by atoms with Crippen molar-refractivity contribution in [3.05, 3.63) is 30.1 Å². The van der Waals surface area contributed by atoms with Crippen molar-refractivity contribution in [2.45, 2.75) is 0 Å². The predicted octanol–water partition coefficient (Wildman–Crippen LogP) is -0.597. The van der Waals surface area contributed by atoms with Gasteiger partial charge in [0.25, 0.3) is 0 Å². The molecule has 3 heterocycles. The van der Waals surface area contributed by atoms with E-state index in [1.807, 2.05) is 0 Å². The molecule has 84 valence electrons. The summed E-state index contributed by atoms with van der Waals surface area (Å²) in [4.78, 5) is 10.7. The van der Waals surface area contributed by atoms with E-state index in [0.717, 1.165) is 0 Å². The number of carbonyl (C=O) groups is 1. The van der Waals surface area contributed by atoms with E-state index in [9.17, 15) is 4.79 Å². The molecule has 0 aliphatic carbocycles. The van der Waals surface area contributed by atoms with Gasteiger partial charge in [-0.2, -0.15) is 5.10 Å². The first-order chi connectivity index (χ1) is 8.24. The van der Waals surface area contributed by atoms with Crippen LogP contribution in [0.3, 0.4) is 0 Å². The Hall–Kier alpha value is -2.84. The van der Waals surface area contributed by atoms with E-state index >= 15 is 0 Å². The number of hydrogen-bond acceptors (Lipinski definition) is 6. The van der Waals surface area contributed by atoms with Crippen molar-refractivity contribution in [2.24, 2.45) is 0 Å². The molecular weight excluding hydrogens is 226 g/mol. The Bertz CT molecular complexity index is 701. The van der Waals surface area contributed by atoms with Gasteiger partial charge in [0.15, 0.2) is 17.2 Å². The van der Waals surface area contributed by atoms with Crippen molar-refractivity contribution in [2.75, 3.05) is 0 Å². The normalized spacial score (nSPS) is 10.8. The van der Waals surface area contributed by atoms with Gasteiger partial charge in [-0.25, -0.2) is 9.48 Å². The van der Waals surface area contributed by atoms with Gasteiger partial charge in [0.05, 0.1) is 0 Å². The zero-order valence-corrected chi connectivity index (χ0v) is 8.30. The number of carboxylic acids is 1. The van der Waals surface area contributed by atoms with Crippen molar-refractivity contribution >= 4 is 11.6 Å². The second kappa shape index (κ2) is 3.33. The summed E-state index contributed by atoms with van der Waals surface area (Å²) in [6.45, 7) is 0. The van der Waals surface area contributed by atoms with Crippen LogP contribution in [0.15, 0.2) is 24.4 Å². The number of fused-ring (bicyclic) bond motifs is 1. The Kier molecular flexibility index (Phi) is 1.84. The van der Waals surface area contributed by atoms with Crippen molar-refractivity contribution in [3.8, 4) is 5.82 Å². The fourth-order valence-electron chi connectivity index (χ4n) is 1.33. The van der Waals surface area contributed by atoms with E-state index in [2.05, 4.69) is 25.7 Å². The van der Waals surface area contributed by atoms with Gasteiger partial charge in [-0.1, -0.05) is 0 Å². The van der Waals surface area contributed by atoms with Gasteiger partial charge < -0.3 is 5.11 Å². The van der Waals surface area contributed by atoms with E-state index in [0.29, 0.717) is 11.5 Å². The number of tetrazole rings is 1. The number of hydrogen-bond donors (Lipinski definition) is 1. The summed E-state index contributed by atoms with van der Waals surface area (Å²) in [6.07, 6.45) is 1.50. The third kappa shape index (κ3) is 1.49. The Morgan fingerprint density at radius 2 is 2.12 bits per heavy atom. The topological polar surface area (TPSA) is 111 Å². The highest BCUT2D eigenvalue weighted by Gasteiger charge is 2.09. The van der Waals surface area contributed by atoms with Gasteiger partial charge in [-0.05, 0) is 28.6 Å². The van der Waals surface area contributed by atoms with Crippen LogP contribution >= 0.6 is 0 Å². The van der Waals surface area contributed by atoms with Crippen molar-refractivity contribution in [1.82, 2.24) is 35.0 Å². The van der Waals surface area contributed by atoms with Crippen molar-refractivity contribution < 1.29 is 9.90 Å². The van der Waals surface area contributed by atoms with Gasteiger partial charge in [-0.3, -0.25) is 0 Å². The summed E-state index contributed by atoms with van der Waals surface area (Å²) in [5.74, 6) is -0.662. The molecule has 0 aliphatic rings. The first-order valence-electron chi connectivity index (χ1n) is 4.59. The lowest BCUT2D eigenvalue weighted by atomic mass is 10.4. The molecule has 0 fully saturated rings. The van der Waals surface area contributed by atoms with Crippen molar-refractivity contribution in [3.63, 3.8) is 0 Å². The summed E-state index contributed by atoms with van der Waals surface area (Å²) in [6, 6.07) is 4.68. The molecule has 0 radical (unpaired) electrons. The largest absolute Gasteiger partial charge is 0.476 e. The maximum absolute atomic E-state index is 10.7. The number of carboxylic acid groups (broad SMARTS) is 1. The molecule has 0 aliphatic heterocycles. The molecule has 0 bridgehead atoms.